The predicted molar refractivity (Wildman–Crippen MR) is 77.1 cm³/mol. The third-order valence-corrected chi connectivity index (χ3v) is 3.15. The van der Waals surface area contributed by atoms with Crippen molar-refractivity contribution in [2.45, 2.75) is 33.6 Å². The first-order valence-corrected chi connectivity index (χ1v) is 6.56. The quantitative estimate of drug-likeness (QED) is 0.658. The van der Waals surface area contributed by atoms with E-state index in [4.69, 9.17) is 0 Å². The lowest BCUT2D eigenvalue weighted by Crippen LogP contribution is -2.24. The average Bonchev–Trinajstić information content (AvgIpc) is 2.32. The fourth-order valence-corrected chi connectivity index (χ4v) is 2.03. The fraction of sp³-hybridized carbons (Fsp3) is 0.500. The predicted octanol–water partition coefficient (Wildman–Crippen LogP) is 4.11. The van der Waals surface area contributed by atoms with Gasteiger partial charge in [-0.05, 0) is 44.9 Å². The summed E-state index contributed by atoms with van der Waals surface area (Å²) in [6, 6.07) is 0. The number of rotatable bonds is 4. The van der Waals surface area contributed by atoms with Gasteiger partial charge in [0.15, 0.2) is 0 Å². The molecular formula is C16H25N. The summed E-state index contributed by atoms with van der Waals surface area (Å²) in [5.74, 6) is 0. The Bertz CT molecular complexity index is 356. The first-order chi connectivity index (χ1) is 8.17. The standard InChI is InChI=1S/C16H25N/c1-5-7-14(3)8-9-15(6-2)16-10-12-17(4)13-11-16/h6-10H,5,11-13H2,1-4H3/b9-8-,14-7-,15-6+. The van der Waals surface area contributed by atoms with Gasteiger partial charge in [0.05, 0.1) is 0 Å². The van der Waals surface area contributed by atoms with E-state index in [1.807, 2.05) is 0 Å². The van der Waals surface area contributed by atoms with E-state index in [-0.39, 0.29) is 0 Å². The van der Waals surface area contributed by atoms with Crippen LogP contribution in [0.3, 0.4) is 0 Å². The largest absolute Gasteiger partial charge is 0.302 e. The minimum Gasteiger partial charge on any atom is -0.302 e. The summed E-state index contributed by atoms with van der Waals surface area (Å²) >= 11 is 0. The molecule has 17 heavy (non-hydrogen) atoms. The molecule has 1 heterocycles. The van der Waals surface area contributed by atoms with Crippen molar-refractivity contribution >= 4 is 0 Å². The van der Waals surface area contributed by atoms with E-state index in [1.165, 1.54) is 23.3 Å². The third-order valence-electron chi connectivity index (χ3n) is 3.15. The molecule has 1 aliphatic rings. The molecule has 0 N–H and O–H groups in total. The Balaban J connectivity index is 2.71. The molecule has 0 aromatic heterocycles. The molecule has 94 valence electrons. The van der Waals surface area contributed by atoms with E-state index in [0.717, 1.165) is 19.4 Å². The van der Waals surface area contributed by atoms with Gasteiger partial charge in [-0.3, -0.25) is 0 Å². The number of hydrogen-bond acceptors (Lipinski definition) is 1. The summed E-state index contributed by atoms with van der Waals surface area (Å²) < 4.78 is 0. The average molecular weight is 231 g/mol. The van der Waals surface area contributed by atoms with Gasteiger partial charge in [-0.2, -0.15) is 0 Å². The lowest BCUT2D eigenvalue weighted by molar-refractivity contribution is 0.361. The maximum Gasteiger partial charge on any atom is 0.0166 e. The van der Waals surface area contributed by atoms with Gasteiger partial charge < -0.3 is 4.90 Å². The zero-order chi connectivity index (χ0) is 12.7. The first-order valence-electron chi connectivity index (χ1n) is 6.56. The summed E-state index contributed by atoms with van der Waals surface area (Å²) in [6.45, 7) is 8.70. The Morgan fingerprint density at radius 2 is 2.18 bits per heavy atom. The van der Waals surface area contributed by atoms with Crippen LogP contribution in [0, 0.1) is 0 Å². The van der Waals surface area contributed by atoms with Crippen molar-refractivity contribution in [3.63, 3.8) is 0 Å². The molecule has 0 fully saturated rings. The van der Waals surface area contributed by atoms with Gasteiger partial charge in [-0.25, -0.2) is 0 Å². The Kier molecular flexibility index (Phi) is 5.99. The first kappa shape index (κ1) is 14.0. The van der Waals surface area contributed by atoms with Crippen LogP contribution in [0.1, 0.15) is 33.6 Å². The van der Waals surface area contributed by atoms with Gasteiger partial charge in [0, 0.05) is 13.1 Å². The summed E-state index contributed by atoms with van der Waals surface area (Å²) in [4.78, 5) is 2.35. The molecule has 0 atom stereocenters. The second kappa shape index (κ2) is 7.29. The van der Waals surface area contributed by atoms with Crippen LogP contribution >= 0.6 is 0 Å². The maximum absolute atomic E-state index is 2.35. The molecule has 0 spiro atoms. The number of hydrogen-bond donors (Lipinski definition) is 0. The molecule has 1 heteroatoms. The van der Waals surface area contributed by atoms with E-state index in [1.54, 1.807) is 0 Å². The van der Waals surface area contributed by atoms with E-state index in [2.05, 4.69) is 63.1 Å². The van der Waals surface area contributed by atoms with Crippen LogP contribution in [0.25, 0.3) is 0 Å². The van der Waals surface area contributed by atoms with Crippen molar-refractivity contribution in [3.05, 3.63) is 47.1 Å². The van der Waals surface area contributed by atoms with Crippen LogP contribution in [0.2, 0.25) is 0 Å². The molecule has 0 radical (unpaired) electrons. The van der Waals surface area contributed by atoms with Crippen LogP contribution in [0.5, 0.6) is 0 Å². The number of allylic oxidation sites excluding steroid dienone is 6. The van der Waals surface area contributed by atoms with Gasteiger partial charge in [0.1, 0.15) is 0 Å². The Morgan fingerprint density at radius 1 is 1.41 bits per heavy atom. The molecule has 1 nitrogen and oxygen atoms in total. The van der Waals surface area contributed by atoms with Gasteiger partial charge in [-0.15, -0.1) is 0 Å². The van der Waals surface area contributed by atoms with Crippen molar-refractivity contribution in [3.8, 4) is 0 Å². The van der Waals surface area contributed by atoms with Gasteiger partial charge in [0.25, 0.3) is 0 Å². The lowest BCUT2D eigenvalue weighted by atomic mass is 9.98. The molecule has 0 saturated carbocycles. The highest BCUT2D eigenvalue weighted by atomic mass is 15.1. The third kappa shape index (κ3) is 4.74. The molecule has 0 amide bonds. The zero-order valence-electron chi connectivity index (χ0n) is 11.7. The van der Waals surface area contributed by atoms with Gasteiger partial charge in [-0.1, -0.05) is 42.9 Å². The summed E-state index contributed by atoms with van der Waals surface area (Å²) in [5, 5.41) is 0. The smallest absolute Gasteiger partial charge is 0.0166 e. The zero-order valence-corrected chi connectivity index (χ0v) is 11.7. The van der Waals surface area contributed by atoms with Crippen molar-refractivity contribution in [1.82, 2.24) is 4.90 Å². The highest BCUT2D eigenvalue weighted by Gasteiger charge is 2.09. The Hall–Kier alpha value is -1.08. The normalized spacial score (nSPS) is 19.9. The van der Waals surface area contributed by atoms with Crippen LogP contribution in [0.4, 0.5) is 0 Å². The molecule has 1 aliphatic heterocycles. The van der Waals surface area contributed by atoms with Crippen molar-refractivity contribution in [1.29, 1.82) is 0 Å². The van der Waals surface area contributed by atoms with Crippen molar-refractivity contribution in [2.24, 2.45) is 0 Å². The van der Waals surface area contributed by atoms with E-state index in [9.17, 15) is 0 Å². The molecule has 1 rings (SSSR count). The van der Waals surface area contributed by atoms with Crippen LogP contribution in [-0.4, -0.2) is 25.0 Å². The topological polar surface area (TPSA) is 3.24 Å². The Labute approximate surface area is 106 Å². The highest BCUT2D eigenvalue weighted by molar-refractivity contribution is 5.42. The fourth-order valence-electron chi connectivity index (χ4n) is 2.03. The minimum absolute atomic E-state index is 1.07. The second-order valence-electron chi connectivity index (χ2n) is 4.68. The van der Waals surface area contributed by atoms with Crippen LogP contribution in [0.15, 0.2) is 47.1 Å². The van der Waals surface area contributed by atoms with Crippen molar-refractivity contribution < 1.29 is 0 Å². The molecule has 0 saturated heterocycles. The van der Waals surface area contributed by atoms with Crippen LogP contribution in [-0.2, 0) is 0 Å². The van der Waals surface area contributed by atoms with Crippen LogP contribution < -0.4 is 0 Å². The number of nitrogens with zero attached hydrogens (tertiary/aromatic N) is 1. The highest BCUT2D eigenvalue weighted by Crippen LogP contribution is 2.20. The molecular weight excluding hydrogens is 206 g/mol. The van der Waals surface area contributed by atoms with Gasteiger partial charge in [0.2, 0.25) is 0 Å². The molecule has 0 aromatic carbocycles. The monoisotopic (exact) mass is 231 g/mol. The molecule has 0 bridgehead atoms. The molecule has 0 aromatic rings. The Morgan fingerprint density at radius 3 is 2.71 bits per heavy atom. The van der Waals surface area contributed by atoms with E-state index in [0.29, 0.717) is 0 Å². The summed E-state index contributed by atoms with van der Waals surface area (Å²) in [5.41, 5.74) is 4.22. The van der Waals surface area contributed by atoms with E-state index < -0.39 is 0 Å². The second-order valence-corrected chi connectivity index (χ2v) is 4.68. The van der Waals surface area contributed by atoms with Gasteiger partial charge >= 0.3 is 0 Å². The number of likely N-dealkylation sites (N-methyl/N-ethyl adjacent to an activating group) is 1. The minimum atomic E-state index is 1.07. The summed E-state index contributed by atoms with van der Waals surface area (Å²) in [6.07, 6.45) is 13.6. The SMILES string of the molecule is C\C=C(/C=C\C(C)=C/CC)C1=CCN(C)CC1. The molecule has 0 aliphatic carbocycles. The molecule has 0 unspecified atom stereocenters. The lowest BCUT2D eigenvalue weighted by Gasteiger charge is -2.22. The summed E-state index contributed by atoms with van der Waals surface area (Å²) in [7, 11) is 2.17. The maximum atomic E-state index is 2.35. The van der Waals surface area contributed by atoms with E-state index >= 15 is 0 Å². The van der Waals surface area contributed by atoms with Crippen molar-refractivity contribution in [2.75, 3.05) is 20.1 Å².